The molecule has 0 aliphatic heterocycles. The van der Waals surface area contributed by atoms with E-state index >= 15 is 0 Å². The lowest BCUT2D eigenvalue weighted by molar-refractivity contribution is -0.116. The zero-order valence-electron chi connectivity index (χ0n) is 15.9. The van der Waals surface area contributed by atoms with Gasteiger partial charge in [-0.1, -0.05) is 17.4 Å². The summed E-state index contributed by atoms with van der Waals surface area (Å²) in [6.07, 6.45) is 1.39. The molecule has 1 N–H and O–H groups in total. The van der Waals surface area contributed by atoms with Gasteiger partial charge in [-0.05, 0) is 51.0 Å². The number of benzene rings is 1. The van der Waals surface area contributed by atoms with Crippen molar-refractivity contribution >= 4 is 38.4 Å². The molecule has 0 saturated carbocycles. The van der Waals surface area contributed by atoms with Crippen LogP contribution >= 0.6 is 11.3 Å². The van der Waals surface area contributed by atoms with Crippen LogP contribution in [-0.4, -0.2) is 33.5 Å². The molecular formula is C19H23N5O2S. The van der Waals surface area contributed by atoms with Gasteiger partial charge in [0.2, 0.25) is 5.91 Å². The highest BCUT2D eigenvalue weighted by atomic mass is 32.1. The van der Waals surface area contributed by atoms with Gasteiger partial charge in [0.15, 0.2) is 10.8 Å². The Bertz CT molecular complexity index is 1020. The number of nitrogens with zero attached hydrogens (tertiary/aromatic N) is 4. The lowest BCUT2D eigenvalue weighted by Gasteiger charge is -2.15. The third-order valence-electron chi connectivity index (χ3n) is 4.23. The van der Waals surface area contributed by atoms with E-state index in [1.807, 2.05) is 45.9 Å². The largest absolute Gasteiger partial charge is 0.349 e. The number of hydrogen-bond acceptors (Lipinski definition) is 6. The van der Waals surface area contributed by atoms with Gasteiger partial charge in [0, 0.05) is 18.8 Å². The normalized spacial score (nSPS) is 11.0. The first-order chi connectivity index (χ1) is 12.9. The van der Waals surface area contributed by atoms with Gasteiger partial charge in [-0.25, -0.2) is 4.98 Å². The summed E-state index contributed by atoms with van der Waals surface area (Å²) in [4.78, 5) is 35.9. The summed E-state index contributed by atoms with van der Waals surface area (Å²) in [5.41, 5.74) is 3.05. The number of anilines is 2. The Kier molecular flexibility index (Phi) is 5.55. The Hall–Kier alpha value is -2.74. The molecule has 142 valence electrons. The van der Waals surface area contributed by atoms with Crippen molar-refractivity contribution in [3.8, 4) is 0 Å². The number of carbonyl (C=O) groups is 1. The molecule has 2 aromatic heterocycles. The molecule has 0 fully saturated rings. The van der Waals surface area contributed by atoms with Gasteiger partial charge in [-0.2, -0.15) is 4.98 Å². The smallest absolute Gasteiger partial charge is 0.273 e. The number of amides is 1. The van der Waals surface area contributed by atoms with Crippen LogP contribution in [0.3, 0.4) is 0 Å². The first kappa shape index (κ1) is 19.0. The number of nitrogens with one attached hydrogen (secondary N) is 1. The minimum atomic E-state index is -0.267. The molecule has 1 amide bonds. The second-order valence-electron chi connectivity index (χ2n) is 6.42. The van der Waals surface area contributed by atoms with Gasteiger partial charge in [0.05, 0.1) is 0 Å². The molecule has 0 bridgehead atoms. The van der Waals surface area contributed by atoms with Crippen molar-refractivity contribution in [2.24, 2.45) is 0 Å². The maximum Gasteiger partial charge on any atom is 0.273 e. The van der Waals surface area contributed by atoms with Crippen molar-refractivity contribution in [1.29, 1.82) is 0 Å². The first-order valence-corrected chi connectivity index (χ1v) is 9.72. The molecule has 27 heavy (non-hydrogen) atoms. The van der Waals surface area contributed by atoms with Gasteiger partial charge in [0.1, 0.15) is 17.6 Å². The van der Waals surface area contributed by atoms with Crippen LogP contribution in [-0.2, 0) is 11.3 Å². The zero-order chi connectivity index (χ0) is 19.6. The van der Waals surface area contributed by atoms with Crippen LogP contribution in [0.25, 0.3) is 10.3 Å². The molecule has 1 aromatic carbocycles. The Balaban J connectivity index is 1.83. The van der Waals surface area contributed by atoms with E-state index in [2.05, 4.69) is 20.2 Å². The predicted molar refractivity (Wildman–Crippen MR) is 110 cm³/mol. The summed E-state index contributed by atoms with van der Waals surface area (Å²) in [7, 11) is 0. The molecule has 0 saturated heterocycles. The average Bonchev–Trinajstić information content (AvgIpc) is 3.02. The molecule has 0 aliphatic carbocycles. The topological polar surface area (TPSA) is 80.1 Å². The predicted octanol–water partition coefficient (Wildman–Crippen LogP) is 2.95. The van der Waals surface area contributed by atoms with Crippen molar-refractivity contribution < 1.29 is 4.79 Å². The van der Waals surface area contributed by atoms with E-state index in [0.717, 1.165) is 35.0 Å². The fourth-order valence-electron chi connectivity index (χ4n) is 2.98. The van der Waals surface area contributed by atoms with E-state index < -0.39 is 0 Å². The highest BCUT2D eigenvalue weighted by Crippen LogP contribution is 2.24. The van der Waals surface area contributed by atoms with Crippen molar-refractivity contribution in [3.63, 3.8) is 0 Å². The summed E-state index contributed by atoms with van der Waals surface area (Å²) in [5.74, 6) is -0.267. The summed E-state index contributed by atoms with van der Waals surface area (Å²) in [6.45, 7) is 9.56. The first-order valence-electron chi connectivity index (χ1n) is 8.90. The van der Waals surface area contributed by atoms with Gasteiger partial charge in [-0.15, -0.1) is 0 Å². The third-order valence-corrected chi connectivity index (χ3v) is 5.32. The molecule has 2 heterocycles. The van der Waals surface area contributed by atoms with Crippen molar-refractivity contribution in [1.82, 2.24) is 14.5 Å². The van der Waals surface area contributed by atoms with Gasteiger partial charge in [0.25, 0.3) is 5.56 Å². The summed E-state index contributed by atoms with van der Waals surface area (Å²) >= 11 is 1.32. The molecule has 0 unspecified atom stereocenters. The summed E-state index contributed by atoms with van der Waals surface area (Å²) < 4.78 is 1.79. The van der Waals surface area contributed by atoms with Crippen LogP contribution in [0.4, 0.5) is 10.8 Å². The molecular weight excluding hydrogens is 362 g/mol. The van der Waals surface area contributed by atoms with E-state index in [-0.39, 0.29) is 18.0 Å². The molecule has 7 nitrogen and oxygen atoms in total. The quantitative estimate of drug-likeness (QED) is 0.706. The number of fused-ring (bicyclic) bond motifs is 1. The number of hydrogen-bond donors (Lipinski definition) is 1. The second-order valence-corrected chi connectivity index (χ2v) is 7.40. The van der Waals surface area contributed by atoms with Crippen molar-refractivity contribution in [3.05, 3.63) is 46.0 Å². The van der Waals surface area contributed by atoms with Gasteiger partial charge >= 0.3 is 0 Å². The molecule has 0 spiro atoms. The molecule has 0 aliphatic rings. The van der Waals surface area contributed by atoms with E-state index in [1.54, 1.807) is 0 Å². The Morgan fingerprint density at radius 3 is 2.48 bits per heavy atom. The molecule has 3 rings (SSSR count). The van der Waals surface area contributed by atoms with Crippen LogP contribution in [0.1, 0.15) is 25.0 Å². The van der Waals surface area contributed by atoms with Crippen molar-refractivity contribution in [2.45, 2.75) is 34.2 Å². The van der Waals surface area contributed by atoms with Crippen molar-refractivity contribution in [2.75, 3.05) is 23.3 Å². The molecule has 0 atom stereocenters. The fourth-order valence-corrected chi connectivity index (χ4v) is 4.08. The number of thiazole rings is 1. The van der Waals surface area contributed by atoms with E-state index in [0.29, 0.717) is 10.3 Å². The Morgan fingerprint density at radius 2 is 1.85 bits per heavy atom. The summed E-state index contributed by atoms with van der Waals surface area (Å²) in [6, 6.07) is 5.83. The third kappa shape index (κ3) is 4.16. The van der Waals surface area contributed by atoms with Crippen LogP contribution in [0.5, 0.6) is 0 Å². The minimum absolute atomic E-state index is 0.0900. The van der Waals surface area contributed by atoms with Crippen LogP contribution < -0.4 is 15.8 Å². The van der Waals surface area contributed by atoms with Crippen LogP contribution in [0.2, 0.25) is 0 Å². The Labute approximate surface area is 161 Å². The fraction of sp³-hybridized carbons (Fsp3) is 0.368. The second kappa shape index (κ2) is 7.87. The maximum absolute atomic E-state index is 12.7. The van der Waals surface area contributed by atoms with Crippen LogP contribution in [0.15, 0.2) is 29.3 Å². The minimum Gasteiger partial charge on any atom is -0.349 e. The highest BCUT2D eigenvalue weighted by Gasteiger charge is 2.15. The lowest BCUT2D eigenvalue weighted by Crippen LogP contribution is -2.27. The Morgan fingerprint density at radius 1 is 1.19 bits per heavy atom. The van der Waals surface area contributed by atoms with Gasteiger partial charge in [-0.3, -0.25) is 14.2 Å². The van der Waals surface area contributed by atoms with Crippen LogP contribution in [0, 0.1) is 13.8 Å². The lowest BCUT2D eigenvalue weighted by atomic mass is 10.1. The van der Waals surface area contributed by atoms with E-state index in [4.69, 9.17) is 0 Å². The number of aromatic nitrogens is 3. The van der Waals surface area contributed by atoms with Gasteiger partial charge < -0.3 is 10.2 Å². The van der Waals surface area contributed by atoms with E-state index in [9.17, 15) is 9.59 Å². The number of aryl methyl sites for hydroxylation is 2. The average molecular weight is 385 g/mol. The SMILES string of the molecule is CCN(CC)c1nc2ncn(CC(=O)Nc3cc(C)cc(C)c3)c(=O)c2s1. The molecule has 8 heteroatoms. The maximum atomic E-state index is 12.7. The van der Waals surface area contributed by atoms with E-state index in [1.165, 1.54) is 22.2 Å². The number of rotatable bonds is 6. The number of carbonyl (C=O) groups excluding carboxylic acids is 1. The molecule has 0 radical (unpaired) electrons. The zero-order valence-corrected chi connectivity index (χ0v) is 16.8. The highest BCUT2D eigenvalue weighted by molar-refractivity contribution is 7.22. The standard InChI is InChI=1S/C19H23N5O2S/c1-5-23(6-2)19-22-17-16(27-19)18(26)24(11-20-17)10-15(25)21-14-8-12(3)7-13(4)9-14/h7-9,11H,5-6,10H2,1-4H3,(H,21,25). The summed E-state index contributed by atoms with van der Waals surface area (Å²) in [5, 5.41) is 3.62. The monoisotopic (exact) mass is 385 g/mol. The molecule has 3 aromatic rings.